The van der Waals surface area contributed by atoms with Crippen molar-refractivity contribution in [2.45, 2.75) is 38.8 Å². The summed E-state index contributed by atoms with van der Waals surface area (Å²) in [5, 5.41) is 14.2. The van der Waals surface area contributed by atoms with Crippen LogP contribution in [-0.2, 0) is 4.74 Å². The molecule has 0 aliphatic heterocycles. The lowest BCUT2D eigenvalue weighted by Gasteiger charge is -2.23. The molecule has 8 nitrogen and oxygen atoms in total. The third-order valence-corrected chi connectivity index (χ3v) is 3.61. The number of nitrogens with zero attached hydrogens (tertiary/aromatic N) is 2. The highest BCUT2D eigenvalue weighted by Crippen LogP contribution is 2.29. The quantitative estimate of drug-likeness (QED) is 0.637. The van der Waals surface area contributed by atoms with Crippen LogP contribution in [0.3, 0.4) is 0 Å². The second-order valence-electron chi connectivity index (χ2n) is 7.04. The Labute approximate surface area is 163 Å². The van der Waals surface area contributed by atoms with Gasteiger partial charge in [0.05, 0.1) is 23.6 Å². The number of carbonyl (C=O) groups is 2. The number of amides is 2. The van der Waals surface area contributed by atoms with Crippen molar-refractivity contribution >= 4 is 17.9 Å². The minimum absolute atomic E-state index is 0.354. The highest BCUT2D eigenvalue weighted by atomic mass is 16.6. The molecule has 0 aromatic carbocycles. The molecule has 8 heteroatoms. The number of hydrogen-bond donors (Lipinski definition) is 3. The van der Waals surface area contributed by atoms with Crippen molar-refractivity contribution in [1.82, 2.24) is 15.3 Å². The maximum Gasteiger partial charge on any atom is 0.409 e. The molecule has 2 rings (SSSR count). The summed E-state index contributed by atoms with van der Waals surface area (Å²) in [6.45, 7) is 9.09. The van der Waals surface area contributed by atoms with Crippen LogP contribution in [-0.4, -0.2) is 32.9 Å². The van der Waals surface area contributed by atoms with Gasteiger partial charge in [0.25, 0.3) is 0 Å². The number of carbonyl (C=O) groups excluding carboxylic acids is 1. The molecule has 0 spiro atoms. The lowest BCUT2D eigenvalue weighted by Crippen LogP contribution is -2.35. The van der Waals surface area contributed by atoms with Gasteiger partial charge in [0.2, 0.25) is 0 Å². The number of ether oxygens (including phenoxy) is 1. The van der Waals surface area contributed by atoms with E-state index in [1.54, 1.807) is 57.4 Å². The molecule has 0 aliphatic rings. The molecule has 2 amide bonds. The molecule has 0 fully saturated rings. The zero-order chi connectivity index (χ0) is 20.7. The first-order valence-electron chi connectivity index (χ1n) is 8.70. The van der Waals surface area contributed by atoms with Crippen molar-refractivity contribution in [3.05, 3.63) is 55.1 Å². The lowest BCUT2D eigenvalue weighted by atomic mass is 10.0. The molecule has 1 atom stereocenters. The molecular weight excluding hydrogens is 360 g/mol. The van der Waals surface area contributed by atoms with Crippen molar-refractivity contribution in [2.75, 3.05) is 5.32 Å². The van der Waals surface area contributed by atoms with E-state index in [1.165, 1.54) is 6.20 Å². The van der Waals surface area contributed by atoms with Crippen molar-refractivity contribution in [2.24, 2.45) is 0 Å². The molecule has 3 N–H and O–H groups in total. The third-order valence-electron chi connectivity index (χ3n) is 3.61. The van der Waals surface area contributed by atoms with E-state index in [2.05, 4.69) is 27.2 Å². The maximum absolute atomic E-state index is 12.2. The van der Waals surface area contributed by atoms with Gasteiger partial charge in [-0.3, -0.25) is 15.3 Å². The van der Waals surface area contributed by atoms with Crippen LogP contribution >= 0.6 is 0 Å². The Kier molecular flexibility index (Phi) is 6.70. The standard InChI is InChI=1S/C20H24N4O4/c1-5-6-15(24-19(27)28-20(2,3)4)16-11-13(7-10-22-16)14-8-9-21-12-17(14)23-18(25)26/h5,7-12,15,23H,1,6H2,2-4H3,(H,24,27)(H,25,26). The SMILES string of the molecule is C=CCC(NC(=O)OC(C)(C)C)c1cc(-c2ccncc2NC(=O)O)ccn1. The van der Waals surface area contributed by atoms with Crippen LogP contribution in [0.2, 0.25) is 0 Å². The van der Waals surface area contributed by atoms with E-state index in [4.69, 9.17) is 9.84 Å². The van der Waals surface area contributed by atoms with Crippen LogP contribution in [0.4, 0.5) is 15.3 Å². The molecule has 0 saturated heterocycles. The van der Waals surface area contributed by atoms with E-state index >= 15 is 0 Å². The van der Waals surface area contributed by atoms with Crippen LogP contribution in [0, 0.1) is 0 Å². The predicted octanol–water partition coefficient (Wildman–Crippen LogP) is 4.38. The van der Waals surface area contributed by atoms with E-state index in [0.717, 1.165) is 5.56 Å². The van der Waals surface area contributed by atoms with Gasteiger partial charge < -0.3 is 15.2 Å². The van der Waals surface area contributed by atoms with Crippen LogP contribution < -0.4 is 10.6 Å². The Morgan fingerprint density at radius 1 is 1.32 bits per heavy atom. The summed E-state index contributed by atoms with van der Waals surface area (Å²) < 4.78 is 5.32. The number of pyridine rings is 2. The number of nitrogens with one attached hydrogen (secondary N) is 2. The Balaban J connectivity index is 2.33. The Bertz CT molecular complexity index is 861. The fourth-order valence-electron chi connectivity index (χ4n) is 2.54. The van der Waals surface area contributed by atoms with Crippen molar-refractivity contribution in [3.8, 4) is 11.1 Å². The van der Waals surface area contributed by atoms with Crippen molar-refractivity contribution in [3.63, 3.8) is 0 Å². The van der Waals surface area contributed by atoms with Gasteiger partial charge >= 0.3 is 12.2 Å². The van der Waals surface area contributed by atoms with Gasteiger partial charge in [-0.2, -0.15) is 0 Å². The molecule has 1 unspecified atom stereocenters. The summed E-state index contributed by atoms with van der Waals surface area (Å²) in [6, 6.07) is 4.80. The fraction of sp³-hybridized carbons (Fsp3) is 0.300. The number of hydrogen-bond acceptors (Lipinski definition) is 5. The van der Waals surface area contributed by atoms with Gasteiger partial charge in [-0.1, -0.05) is 6.08 Å². The monoisotopic (exact) mass is 384 g/mol. The highest BCUT2D eigenvalue weighted by Gasteiger charge is 2.21. The minimum atomic E-state index is -1.18. The first-order valence-corrected chi connectivity index (χ1v) is 8.70. The smallest absolute Gasteiger partial charge is 0.409 e. The van der Waals surface area contributed by atoms with Gasteiger partial charge in [-0.25, -0.2) is 9.59 Å². The molecule has 2 heterocycles. The molecular formula is C20H24N4O4. The number of aromatic nitrogens is 2. The molecule has 28 heavy (non-hydrogen) atoms. The van der Waals surface area contributed by atoms with Gasteiger partial charge in [0.1, 0.15) is 5.60 Å². The second kappa shape index (κ2) is 8.98. The Hall–Kier alpha value is -3.42. The molecule has 0 radical (unpaired) electrons. The minimum Gasteiger partial charge on any atom is -0.465 e. The van der Waals surface area contributed by atoms with E-state index < -0.39 is 23.8 Å². The van der Waals surface area contributed by atoms with E-state index in [-0.39, 0.29) is 0 Å². The van der Waals surface area contributed by atoms with Crippen molar-refractivity contribution < 1.29 is 19.4 Å². The largest absolute Gasteiger partial charge is 0.465 e. The van der Waals surface area contributed by atoms with Crippen molar-refractivity contribution in [1.29, 1.82) is 0 Å². The number of alkyl carbamates (subject to hydrolysis) is 1. The number of rotatable bonds is 6. The predicted molar refractivity (Wildman–Crippen MR) is 106 cm³/mol. The summed E-state index contributed by atoms with van der Waals surface area (Å²) in [7, 11) is 0. The zero-order valence-corrected chi connectivity index (χ0v) is 16.1. The Morgan fingerprint density at radius 3 is 2.71 bits per heavy atom. The summed E-state index contributed by atoms with van der Waals surface area (Å²) in [6.07, 6.45) is 5.00. The average Bonchev–Trinajstić information content (AvgIpc) is 2.60. The lowest BCUT2D eigenvalue weighted by molar-refractivity contribution is 0.0503. The number of carboxylic acid groups (broad SMARTS) is 1. The van der Waals surface area contributed by atoms with Gasteiger partial charge in [-0.05, 0) is 51.0 Å². The second-order valence-corrected chi connectivity index (χ2v) is 7.04. The first kappa shape index (κ1) is 20.9. The molecule has 148 valence electrons. The van der Waals surface area contributed by atoms with Gasteiger partial charge in [-0.15, -0.1) is 6.58 Å². The fourth-order valence-corrected chi connectivity index (χ4v) is 2.54. The van der Waals surface area contributed by atoms with E-state index in [0.29, 0.717) is 23.4 Å². The molecule has 2 aromatic rings. The normalized spacial score (nSPS) is 12.0. The maximum atomic E-state index is 12.2. The van der Waals surface area contributed by atoms with Crippen LogP contribution in [0.25, 0.3) is 11.1 Å². The first-order chi connectivity index (χ1) is 13.2. The van der Waals surface area contributed by atoms with Gasteiger partial charge in [0, 0.05) is 18.0 Å². The summed E-state index contributed by atoms with van der Waals surface area (Å²) >= 11 is 0. The van der Waals surface area contributed by atoms with Crippen LogP contribution in [0.5, 0.6) is 0 Å². The summed E-state index contributed by atoms with van der Waals surface area (Å²) in [5.74, 6) is 0. The third kappa shape index (κ3) is 6.08. The molecule has 0 bridgehead atoms. The summed E-state index contributed by atoms with van der Waals surface area (Å²) in [5.41, 5.74) is 1.72. The van der Waals surface area contributed by atoms with Gasteiger partial charge in [0.15, 0.2) is 0 Å². The van der Waals surface area contributed by atoms with Crippen LogP contribution in [0.1, 0.15) is 38.9 Å². The van der Waals surface area contributed by atoms with E-state index in [9.17, 15) is 9.59 Å². The summed E-state index contributed by atoms with van der Waals surface area (Å²) in [4.78, 5) is 31.5. The zero-order valence-electron chi connectivity index (χ0n) is 16.1. The van der Waals surface area contributed by atoms with Crippen LogP contribution in [0.15, 0.2) is 49.4 Å². The topological polar surface area (TPSA) is 113 Å². The Morgan fingerprint density at radius 2 is 2.07 bits per heavy atom. The average molecular weight is 384 g/mol. The number of anilines is 1. The highest BCUT2D eigenvalue weighted by molar-refractivity contribution is 5.90. The molecule has 2 aromatic heterocycles. The van der Waals surface area contributed by atoms with E-state index in [1.807, 2.05) is 0 Å². The molecule has 0 saturated carbocycles. The molecule has 0 aliphatic carbocycles.